The van der Waals surface area contributed by atoms with Gasteiger partial charge < -0.3 is 15.2 Å². The molecule has 0 spiro atoms. The molecule has 0 aliphatic rings. The molecular formula is C12H21N3O2. The second-order valence-electron chi connectivity index (χ2n) is 5.47. The molecule has 0 bridgehead atoms. The van der Waals surface area contributed by atoms with Crippen LogP contribution in [0.1, 0.15) is 32.2 Å². The van der Waals surface area contributed by atoms with Crippen molar-refractivity contribution in [2.75, 3.05) is 7.05 Å². The number of hydrogen-bond acceptors (Lipinski definition) is 4. The maximum atomic E-state index is 12.0. The minimum Gasteiger partial charge on any atom is -0.361 e. The monoisotopic (exact) mass is 239 g/mol. The smallest absolute Gasteiger partial charge is 0.240 e. The van der Waals surface area contributed by atoms with Gasteiger partial charge in [-0.15, -0.1) is 0 Å². The molecule has 0 radical (unpaired) electrons. The van der Waals surface area contributed by atoms with Gasteiger partial charge in [-0.05, 0) is 12.3 Å². The van der Waals surface area contributed by atoms with Crippen LogP contribution in [0.4, 0.5) is 0 Å². The Morgan fingerprint density at radius 2 is 2.18 bits per heavy atom. The summed E-state index contributed by atoms with van der Waals surface area (Å²) in [5.41, 5.74) is 6.41. The summed E-state index contributed by atoms with van der Waals surface area (Å²) < 4.78 is 4.95. The lowest BCUT2D eigenvalue weighted by atomic mass is 9.86. The Kier molecular flexibility index (Phi) is 3.93. The lowest BCUT2D eigenvalue weighted by Crippen LogP contribution is -2.48. The second kappa shape index (κ2) is 4.87. The van der Waals surface area contributed by atoms with Crippen molar-refractivity contribution in [3.8, 4) is 0 Å². The first-order valence-corrected chi connectivity index (χ1v) is 5.64. The van der Waals surface area contributed by atoms with Crippen LogP contribution < -0.4 is 5.73 Å². The summed E-state index contributed by atoms with van der Waals surface area (Å²) in [6.45, 7) is 8.08. The highest BCUT2D eigenvalue weighted by molar-refractivity contribution is 5.82. The van der Waals surface area contributed by atoms with E-state index < -0.39 is 6.04 Å². The summed E-state index contributed by atoms with van der Waals surface area (Å²) in [5, 5.41) is 3.85. The van der Waals surface area contributed by atoms with Gasteiger partial charge in [-0.25, -0.2) is 0 Å². The van der Waals surface area contributed by atoms with Crippen LogP contribution in [0.15, 0.2) is 10.6 Å². The van der Waals surface area contributed by atoms with Gasteiger partial charge in [0.25, 0.3) is 0 Å². The van der Waals surface area contributed by atoms with E-state index in [9.17, 15) is 4.79 Å². The Morgan fingerprint density at radius 3 is 2.59 bits per heavy atom. The zero-order valence-electron chi connectivity index (χ0n) is 11.2. The van der Waals surface area contributed by atoms with Gasteiger partial charge in [0.05, 0.1) is 12.6 Å². The Balaban J connectivity index is 2.65. The molecule has 1 atom stereocenters. The number of carbonyl (C=O) groups excluding carboxylic acids is 1. The van der Waals surface area contributed by atoms with Crippen molar-refractivity contribution in [2.24, 2.45) is 11.1 Å². The number of aryl methyl sites for hydroxylation is 1. The highest BCUT2D eigenvalue weighted by Crippen LogP contribution is 2.19. The predicted molar refractivity (Wildman–Crippen MR) is 65.1 cm³/mol. The van der Waals surface area contributed by atoms with Crippen molar-refractivity contribution in [1.82, 2.24) is 10.1 Å². The topological polar surface area (TPSA) is 72.4 Å². The molecule has 0 fully saturated rings. The number of nitrogens with two attached hydrogens (primary N) is 1. The molecular weight excluding hydrogens is 218 g/mol. The van der Waals surface area contributed by atoms with E-state index in [1.54, 1.807) is 11.9 Å². The van der Waals surface area contributed by atoms with E-state index in [0.717, 1.165) is 11.5 Å². The summed E-state index contributed by atoms with van der Waals surface area (Å²) >= 11 is 0. The molecule has 1 aromatic rings. The van der Waals surface area contributed by atoms with Gasteiger partial charge >= 0.3 is 0 Å². The molecule has 0 aromatic carbocycles. The van der Waals surface area contributed by atoms with Gasteiger partial charge in [0.2, 0.25) is 5.91 Å². The first kappa shape index (κ1) is 13.7. The lowest BCUT2D eigenvalue weighted by molar-refractivity contribution is -0.134. The predicted octanol–water partition coefficient (Wildman–Crippen LogP) is 1.31. The average molecular weight is 239 g/mol. The number of hydrogen-bond donors (Lipinski definition) is 1. The first-order valence-electron chi connectivity index (χ1n) is 5.64. The molecule has 1 heterocycles. The molecule has 5 heteroatoms. The van der Waals surface area contributed by atoms with E-state index in [-0.39, 0.29) is 11.3 Å². The summed E-state index contributed by atoms with van der Waals surface area (Å²) in [5.74, 6) is 0.652. The number of aromatic nitrogens is 1. The van der Waals surface area contributed by atoms with Crippen molar-refractivity contribution >= 4 is 5.91 Å². The normalized spacial score (nSPS) is 13.5. The third-order valence-corrected chi connectivity index (χ3v) is 2.65. The summed E-state index contributed by atoms with van der Waals surface area (Å²) in [7, 11) is 1.72. The highest BCUT2D eigenvalue weighted by atomic mass is 16.5. The van der Waals surface area contributed by atoms with Gasteiger partial charge in [-0.3, -0.25) is 4.79 Å². The number of carbonyl (C=O) groups is 1. The van der Waals surface area contributed by atoms with E-state index in [2.05, 4.69) is 5.16 Å². The van der Waals surface area contributed by atoms with E-state index in [1.807, 2.05) is 33.8 Å². The second-order valence-corrected chi connectivity index (χ2v) is 5.47. The van der Waals surface area contributed by atoms with Crippen molar-refractivity contribution in [3.05, 3.63) is 17.5 Å². The van der Waals surface area contributed by atoms with Crippen molar-refractivity contribution in [3.63, 3.8) is 0 Å². The van der Waals surface area contributed by atoms with Crippen LogP contribution in [0.3, 0.4) is 0 Å². The molecule has 1 unspecified atom stereocenters. The standard InChI is InChI=1S/C12H21N3O2/c1-8-6-9(14-17-8)7-15(5)11(16)10(13)12(2,3)4/h6,10H,7,13H2,1-5H3. The Bertz CT molecular complexity index is 393. The van der Waals surface area contributed by atoms with Gasteiger partial charge in [-0.2, -0.15) is 0 Å². The minimum atomic E-state index is -0.513. The first-order chi connectivity index (χ1) is 7.71. The van der Waals surface area contributed by atoms with Gasteiger partial charge in [0.15, 0.2) is 0 Å². The molecule has 0 saturated carbocycles. The molecule has 1 rings (SSSR count). The molecule has 0 aliphatic heterocycles. The quantitative estimate of drug-likeness (QED) is 0.863. The van der Waals surface area contributed by atoms with E-state index in [1.165, 1.54) is 0 Å². The van der Waals surface area contributed by atoms with Crippen molar-refractivity contribution in [1.29, 1.82) is 0 Å². The third-order valence-electron chi connectivity index (χ3n) is 2.65. The summed E-state index contributed by atoms with van der Waals surface area (Å²) in [4.78, 5) is 13.6. The molecule has 96 valence electrons. The molecule has 2 N–H and O–H groups in total. The third kappa shape index (κ3) is 3.56. The fourth-order valence-electron chi connectivity index (χ4n) is 1.42. The maximum Gasteiger partial charge on any atom is 0.240 e. The summed E-state index contributed by atoms with van der Waals surface area (Å²) in [6, 6.07) is 1.30. The summed E-state index contributed by atoms with van der Waals surface area (Å²) in [6.07, 6.45) is 0. The zero-order chi connectivity index (χ0) is 13.2. The fourth-order valence-corrected chi connectivity index (χ4v) is 1.42. The zero-order valence-corrected chi connectivity index (χ0v) is 11.2. The van der Waals surface area contributed by atoms with Crippen LogP contribution in [-0.4, -0.2) is 29.1 Å². The Labute approximate surface area is 102 Å². The van der Waals surface area contributed by atoms with Crippen LogP contribution in [0, 0.1) is 12.3 Å². The van der Waals surface area contributed by atoms with Crippen molar-refractivity contribution in [2.45, 2.75) is 40.3 Å². The fraction of sp³-hybridized carbons (Fsp3) is 0.667. The lowest BCUT2D eigenvalue weighted by Gasteiger charge is -2.29. The number of amides is 1. The number of likely N-dealkylation sites (N-methyl/N-ethyl adjacent to an activating group) is 1. The van der Waals surface area contributed by atoms with Crippen LogP contribution >= 0.6 is 0 Å². The van der Waals surface area contributed by atoms with Crippen molar-refractivity contribution < 1.29 is 9.32 Å². The number of rotatable bonds is 3. The average Bonchev–Trinajstić information content (AvgIpc) is 2.60. The van der Waals surface area contributed by atoms with E-state index in [4.69, 9.17) is 10.3 Å². The molecule has 1 aromatic heterocycles. The molecule has 17 heavy (non-hydrogen) atoms. The molecule has 5 nitrogen and oxygen atoms in total. The van der Waals surface area contributed by atoms with Gasteiger partial charge in [-0.1, -0.05) is 25.9 Å². The van der Waals surface area contributed by atoms with Crippen LogP contribution in [-0.2, 0) is 11.3 Å². The largest absolute Gasteiger partial charge is 0.361 e. The van der Waals surface area contributed by atoms with Gasteiger partial charge in [0, 0.05) is 13.1 Å². The molecule has 1 amide bonds. The maximum absolute atomic E-state index is 12.0. The highest BCUT2D eigenvalue weighted by Gasteiger charge is 2.29. The number of nitrogens with zero attached hydrogens (tertiary/aromatic N) is 2. The minimum absolute atomic E-state index is 0.0850. The van der Waals surface area contributed by atoms with Crippen LogP contribution in [0.25, 0.3) is 0 Å². The molecule has 0 aliphatic carbocycles. The SMILES string of the molecule is Cc1cc(CN(C)C(=O)C(N)C(C)(C)C)no1. The van der Waals surface area contributed by atoms with E-state index >= 15 is 0 Å². The Hall–Kier alpha value is -1.36. The van der Waals surface area contributed by atoms with Gasteiger partial charge in [0.1, 0.15) is 11.5 Å². The van der Waals surface area contributed by atoms with Crippen LogP contribution in [0.5, 0.6) is 0 Å². The molecule has 0 saturated heterocycles. The van der Waals surface area contributed by atoms with E-state index in [0.29, 0.717) is 6.54 Å². The Morgan fingerprint density at radius 1 is 1.59 bits per heavy atom. The van der Waals surface area contributed by atoms with Crippen LogP contribution in [0.2, 0.25) is 0 Å².